The molecule has 6 nitrogen and oxygen atoms in total. The maximum absolute atomic E-state index is 6.53. The lowest BCUT2D eigenvalue weighted by molar-refractivity contribution is 0.0870. The molecule has 0 spiro atoms. The third kappa shape index (κ3) is 3.42. The van der Waals surface area contributed by atoms with Crippen molar-refractivity contribution in [3.05, 3.63) is 41.0 Å². The van der Waals surface area contributed by atoms with Gasteiger partial charge in [-0.2, -0.15) is 10.5 Å². The van der Waals surface area contributed by atoms with E-state index in [0.29, 0.717) is 17.4 Å². The summed E-state index contributed by atoms with van der Waals surface area (Å²) in [7, 11) is 7.09. The number of hydrogen-bond donors (Lipinski definition) is 2. The summed E-state index contributed by atoms with van der Waals surface area (Å²) in [4.78, 5) is 14.7. The van der Waals surface area contributed by atoms with Gasteiger partial charge in [0.15, 0.2) is 0 Å². The van der Waals surface area contributed by atoms with E-state index in [1.165, 1.54) is 0 Å². The van der Waals surface area contributed by atoms with Crippen molar-refractivity contribution < 1.29 is 9.57 Å². The Balaban J connectivity index is 2.13. The number of rotatable bonds is 6. The molecule has 0 amide bonds. The van der Waals surface area contributed by atoms with Crippen molar-refractivity contribution in [2.24, 2.45) is 0 Å². The van der Waals surface area contributed by atoms with Gasteiger partial charge >= 0.3 is 0 Å². The number of fused-ring (bicyclic) bond motifs is 1. The van der Waals surface area contributed by atoms with Crippen molar-refractivity contribution in [1.29, 1.82) is 0 Å². The standard InChI is InChI=1S/C18H21ClN4O2/c1-23(2)17-6-5-12(18(22-17)24-3)14-7-13-11(10-21-25-4)9-20-16(13)8-15(14)19/h5-9,20-21H,10H2,1-4H3. The molecule has 3 rings (SSSR count). The number of halogens is 1. The smallest absolute Gasteiger partial charge is 0.223 e. The number of hydroxylamine groups is 1. The zero-order valence-electron chi connectivity index (χ0n) is 14.7. The molecule has 0 aliphatic heterocycles. The van der Waals surface area contributed by atoms with Crippen LogP contribution in [0.15, 0.2) is 30.5 Å². The second-order valence-corrected chi connectivity index (χ2v) is 6.24. The van der Waals surface area contributed by atoms with Gasteiger partial charge in [0, 0.05) is 48.9 Å². The second-order valence-electron chi connectivity index (χ2n) is 5.84. The number of H-pyrrole nitrogens is 1. The number of ether oxygens (including phenoxy) is 1. The lowest BCUT2D eigenvalue weighted by Gasteiger charge is -2.15. The highest BCUT2D eigenvalue weighted by Crippen LogP contribution is 2.38. The number of methoxy groups -OCH3 is 1. The molecule has 2 aromatic heterocycles. The molecule has 0 saturated heterocycles. The average Bonchev–Trinajstić information content (AvgIpc) is 3.00. The van der Waals surface area contributed by atoms with E-state index in [9.17, 15) is 0 Å². The van der Waals surface area contributed by atoms with Gasteiger partial charge < -0.3 is 19.5 Å². The van der Waals surface area contributed by atoms with Crippen LogP contribution in [-0.4, -0.2) is 38.3 Å². The van der Waals surface area contributed by atoms with Crippen molar-refractivity contribution in [2.45, 2.75) is 6.54 Å². The maximum Gasteiger partial charge on any atom is 0.223 e. The number of aromatic nitrogens is 2. The molecular weight excluding hydrogens is 340 g/mol. The van der Waals surface area contributed by atoms with Crippen LogP contribution in [0.5, 0.6) is 5.88 Å². The molecule has 0 fully saturated rings. The molecule has 1 aromatic carbocycles. The van der Waals surface area contributed by atoms with Crippen LogP contribution in [0.4, 0.5) is 5.82 Å². The van der Waals surface area contributed by atoms with E-state index in [1.54, 1.807) is 14.2 Å². The predicted molar refractivity (Wildman–Crippen MR) is 101 cm³/mol. The Labute approximate surface area is 151 Å². The summed E-state index contributed by atoms with van der Waals surface area (Å²) in [6.45, 7) is 0.590. The predicted octanol–water partition coefficient (Wildman–Crippen LogP) is 3.61. The first-order chi connectivity index (χ1) is 12.0. The molecule has 3 aromatic rings. The summed E-state index contributed by atoms with van der Waals surface area (Å²) in [5.41, 5.74) is 6.65. The summed E-state index contributed by atoms with van der Waals surface area (Å²) in [6, 6.07) is 7.90. The quantitative estimate of drug-likeness (QED) is 0.657. The Bertz CT molecular complexity index is 892. The Morgan fingerprint density at radius 1 is 1.20 bits per heavy atom. The van der Waals surface area contributed by atoms with Crippen LogP contribution in [0.25, 0.3) is 22.0 Å². The van der Waals surface area contributed by atoms with Gasteiger partial charge in [-0.3, -0.25) is 0 Å². The fraction of sp³-hybridized carbons (Fsp3) is 0.278. The number of anilines is 1. The van der Waals surface area contributed by atoms with Crippen LogP contribution < -0.4 is 15.1 Å². The minimum Gasteiger partial charge on any atom is -0.480 e. The van der Waals surface area contributed by atoms with E-state index in [-0.39, 0.29) is 0 Å². The number of aromatic amines is 1. The Kier molecular flexibility index (Phi) is 5.13. The van der Waals surface area contributed by atoms with Gasteiger partial charge in [0.1, 0.15) is 5.82 Å². The molecule has 0 unspecified atom stereocenters. The largest absolute Gasteiger partial charge is 0.480 e. The van der Waals surface area contributed by atoms with Crippen LogP contribution in [0.3, 0.4) is 0 Å². The molecular formula is C18H21ClN4O2. The number of nitrogens with one attached hydrogen (secondary N) is 2. The molecule has 132 valence electrons. The highest BCUT2D eigenvalue weighted by Gasteiger charge is 2.15. The van der Waals surface area contributed by atoms with E-state index in [1.807, 2.05) is 43.4 Å². The molecule has 2 N–H and O–H groups in total. The molecule has 0 aliphatic carbocycles. The molecule has 0 aliphatic rings. The van der Waals surface area contributed by atoms with Crippen LogP contribution in [0, 0.1) is 0 Å². The first-order valence-electron chi connectivity index (χ1n) is 7.83. The van der Waals surface area contributed by atoms with Gasteiger partial charge in [-0.25, -0.2) is 0 Å². The minimum atomic E-state index is 0.541. The van der Waals surface area contributed by atoms with Crippen LogP contribution >= 0.6 is 11.6 Å². The van der Waals surface area contributed by atoms with Crippen molar-refractivity contribution in [2.75, 3.05) is 33.2 Å². The summed E-state index contributed by atoms with van der Waals surface area (Å²) in [6.07, 6.45) is 1.95. The van der Waals surface area contributed by atoms with Crippen LogP contribution in [-0.2, 0) is 11.4 Å². The number of benzene rings is 1. The fourth-order valence-corrected chi connectivity index (χ4v) is 3.01. The van der Waals surface area contributed by atoms with Crippen molar-refractivity contribution >= 4 is 28.3 Å². The summed E-state index contributed by atoms with van der Waals surface area (Å²) >= 11 is 6.53. The monoisotopic (exact) mass is 360 g/mol. The number of pyridine rings is 1. The Hall–Kier alpha value is -2.28. The van der Waals surface area contributed by atoms with E-state index in [0.717, 1.165) is 33.4 Å². The number of hydrogen-bond acceptors (Lipinski definition) is 5. The fourth-order valence-electron chi connectivity index (χ4n) is 2.74. The van der Waals surface area contributed by atoms with Crippen molar-refractivity contribution in [3.63, 3.8) is 0 Å². The van der Waals surface area contributed by atoms with Gasteiger partial charge in [0.25, 0.3) is 0 Å². The van der Waals surface area contributed by atoms with Crippen molar-refractivity contribution in [1.82, 2.24) is 15.4 Å². The minimum absolute atomic E-state index is 0.541. The van der Waals surface area contributed by atoms with Gasteiger partial charge in [0.05, 0.1) is 19.2 Å². The highest BCUT2D eigenvalue weighted by atomic mass is 35.5. The molecule has 7 heteroatoms. The SMILES string of the molecule is CONCc1c[nH]c2cc(Cl)c(-c3ccc(N(C)C)nc3OC)cc12. The summed E-state index contributed by atoms with van der Waals surface area (Å²) in [5, 5.41) is 1.71. The lowest BCUT2D eigenvalue weighted by atomic mass is 10.0. The first-order valence-corrected chi connectivity index (χ1v) is 8.21. The average molecular weight is 361 g/mol. The molecule has 0 bridgehead atoms. The maximum atomic E-state index is 6.53. The van der Waals surface area contributed by atoms with E-state index in [4.69, 9.17) is 21.2 Å². The van der Waals surface area contributed by atoms with Crippen LogP contribution in [0.2, 0.25) is 5.02 Å². The van der Waals surface area contributed by atoms with E-state index < -0.39 is 0 Å². The van der Waals surface area contributed by atoms with Gasteiger partial charge in [-0.15, -0.1) is 0 Å². The third-order valence-corrected chi connectivity index (χ3v) is 4.36. The topological polar surface area (TPSA) is 62.4 Å². The van der Waals surface area contributed by atoms with Gasteiger partial charge in [-0.1, -0.05) is 11.6 Å². The highest BCUT2D eigenvalue weighted by molar-refractivity contribution is 6.34. The second kappa shape index (κ2) is 7.31. The zero-order valence-corrected chi connectivity index (χ0v) is 15.4. The molecule has 0 saturated carbocycles. The number of nitrogens with zero attached hydrogens (tertiary/aromatic N) is 2. The van der Waals surface area contributed by atoms with E-state index >= 15 is 0 Å². The third-order valence-electron chi connectivity index (χ3n) is 4.05. The molecule has 0 atom stereocenters. The van der Waals surface area contributed by atoms with Gasteiger partial charge in [0.2, 0.25) is 5.88 Å². The Morgan fingerprint density at radius 2 is 2.00 bits per heavy atom. The first kappa shape index (κ1) is 17.5. The summed E-state index contributed by atoms with van der Waals surface area (Å²) < 4.78 is 5.50. The molecule has 25 heavy (non-hydrogen) atoms. The van der Waals surface area contributed by atoms with Gasteiger partial charge in [-0.05, 0) is 29.8 Å². The molecule has 0 radical (unpaired) electrons. The molecule has 2 heterocycles. The Morgan fingerprint density at radius 3 is 2.68 bits per heavy atom. The van der Waals surface area contributed by atoms with Crippen LogP contribution in [0.1, 0.15) is 5.56 Å². The lowest BCUT2D eigenvalue weighted by Crippen LogP contribution is -2.11. The summed E-state index contributed by atoms with van der Waals surface area (Å²) in [5.74, 6) is 1.36. The van der Waals surface area contributed by atoms with Crippen molar-refractivity contribution in [3.8, 4) is 17.0 Å². The normalized spacial score (nSPS) is 11.1. The zero-order chi connectivity index (χ0) is 18.0. The van der Waals surface area contributed by atoms with E-state index in [2.05, 4.69) is 21.5 Å².